The molecule has 210 valence electrons. The molecular formula is C28H32N6O5S. The monoisotopic (exact) mass is 564 g/mol. The predicted molar refractivity (Wildman–Crippen MR) is 155 cm³/mol. The number of hydrogen-bond acceptors (Lipinski definition) is 8. The molecule has 0 aliphatic carbocycles. The lowest BCUT2D eigenvalue weighted by molar-refractivity contribution is 0.170. The summed E-state index contributed by atoms with van der Waals surface area (Å²) in [7, 11) is 9.49. The maximum Gasteiger partial charge on any atom is 0.414 e. The van der Waals surface area contributed by atoms with Crippen molar-refractivity contribution < 1.29 is 23.9 Å². The van der Waals surface area contributed by atoms with Crippen LogP contribution in [0.15, 0.2) is 66.4 Å². The number of aryl methyl sites for hydroxylation is 1. The molecule has 3 rings (SSSR count). The van der Waals surface area contributed by atoms with Crippen LogP contribution in [0.1, 0.15) is 11.1 Å². The predicted octanol–water partition coefficient (Wildman–Crippen LogP) is 5.22. The van der Waals surface area contributed by atoms with E-state index < -0.39 is 12.2 Å². The number of thioether (sulfide) groups is 1. The number of nitrogens with zero attached hydrogens (tertiary/aromatic N) is 6. The van der Waals surface area contributed by atoms with E-state index in [9.17, 15) is 14.4 Å². The molecule has 12 heteroatoms. The number of hydrogen-bond donors (Lipinski definition) is 0. The highest BCUT2D eigenvalue weighted by Gasteiger charge is 2.26. The molecule has 1 aromatic heterocycles. The summed E-state index contributed by atoms with van der Waals surface area (Å²) in [5.41, 5.74) is 2.84. The molecular weight excluding hydrogens is 532 g/mol. The van der Waals surface area contributed by atoms with E-state index in [4.69, 9.17) is 9.47 Å². The summed E-state index contributed by atoms with van der Waals surface area (Å²) >= 11 is 0.898. The molecule has 3 aromatic rings. The zero-order valence-electron chi connectivity index (χ0n) is 23.5. The summed E-state index contributed by atoms with van der Waals surface area (Å²) < 4.78 is 12.8. The Morgan fingerprint density at radius 3 is 2.15 bits per heavy atom. The number of amides is 3. The van der Waals surface area contributed by atoms with E-state index in [2.05, 4.69) is 16.8 Å². The van der Waals surface area contributed by atoms with E-state index in [0.29, 0.717) is 11.3 Å². The third-order valence-corrected chi connectivity index (χ3v) is 6.43. The Hall–Kier alpha value is -4.58. The van der Waals surface area contributed by atoms with Crippen LogP contribution in [0.2, 0.25) is 0 Å². The lowest BCUT2D eigenvalue weighted by Crippen LogP contribution is -2.26. The van der Waals surface area contributed by atoms with Crippen molar-refractivity contribution in [2.45, 2.75) is 12.1 Å². The van der Waals surface area contributed by atoms with Gasteiger partial charge in [-0.25, -0.2) is 9.59 Å². The molecule has 3 amide bonds. The van der Waals surface area contributed by atoms with Gasteiger partial charge in [0.25, 0.3) is 5.24 Å². The summed E-state index contributed by atoms with van der Waals surface area (Å²) in [6.45, 7) is 5.84. The minimum atomic E-state index is -0.651. The molecule has 0 N–H and O–H groups in total. The highest BCUT2D eigenvalue weighted by atomic mass is 32.2. The molecule has 0 bridgehead atoms. The number of benzene rings is 2. The summed E-state index contributed by atoms with van der Waals surface area (Å²) in [6.07, 6.45) is 2.17. The Morgan fingerprint density at radius 1 is 0.900 bits per heavy atom. The van der Waals surface area contributed by atoms with Gasteiger partial charge in [0.05, 0.1) is 11.3 Å². The van der Waals surface area contributed by atoms with E-state index in [1.54, 1.807) is 71.1 Å². The number of rotatable bonds is 7. The van der Waals surface area contributed by atoms with E-state index in [0.717, 1.165) is 22.9 Å². The molecule has 0 saturated carbocycles. The van der Waals surface area contributed by atoms with Crippen molar-refractivity contribution in [1.82, 2.24) is 29.5 Å². The minimum Gasteiger partial charge on any atom is -0.410 e. The van der Waals surface area contributed by atoms with Gasteiger partial charge in [-0.1, -0.05) is 36.9 Å². The van der Waals surface area contributed by atoms with Crippen molar-refractivity contribution in [2.24, 2.45) is 0 Å². The zero-order chi connectivity index (χ0) is 29.6. The van der Waals surface area contributed by atoms with Crippen LogP contribution in [0.4, 0.5) is 14.4 Å². The van der Waals surface area contributed by atoms with Gasteiger partial charge in [-0.15, -0.1) is 10.2 Å². The third kappa shape index (κ3) is 6.89. The van der Waals surface area contributed by atoms with Crippen molar-refractivity contribution in [3.8, 4) is 22.9 Å². The average molecular weight is 565 g/mol. The Kier molecular flexibility index (Phi) is 9.73. The Labute approximate surface area is 237 Å². The Balaban J connectivity index is 2.30. The van der Waals surface area contributed by atoms with Gasteiger partial charge < -0.3 is 24.2 Å². The SMILES string of the molecule is C=C/C=C(\c1ccccc1C)n1c(SC(=O)N(C)C)nnc1-c1ccc(OC(=O)N(C)C)cc1OC(=O)N(C)C. The molecule has 0 unspecified atom stereocenters. The van der Waals surface area contributed by atoms with Crippen LogP contribution in [0.3, 0.4) is 0 Å². The highest BCUT2D eigenvalue weighted by Crippen LogP contribution is 2.38. The van der Waals surface area contributed by atoms with Crippen molar-refractivity contribution in [1.29, 1.82) is 0 Å². The van der Waals surface area contributed by atoms with Gasteiger partial charge in [0, 0.05) is 65.7 Å². The van der Waals surface area contributed by atoms with Gasteiger partial charge in [-0.2, -0.15) is 0 Å². The third-order valence-electron chi connectivity index (χ3n) is 5.44. The molecule has 0 spiro atoms. The summed E-state index contributed by atoms with van der Waals surface area (Å²) in [6, 6.07) is 12.3. The van der Waals surface area contributed by atoms with Crippen LogP contribution in [-0.2, 0) is 0 Å². The topological polar surface area (TPSA) is 110 Å². The molecule has 11 nitrogen and oxygen atoms in total. The minimum absolute atomic E-state index is 0.0784. The summed E-state index contributed by atoms with van der Waals surface area (Å²) in [5.74, 6) is 0.528. The van der Waals surface area contributed by atoms with E-state index >= 15 is 0 Å². The van der Waals surface area contributed by atoms with Gasteiger partial charge in [-0.3, -0.25) is 9.36 Å². The van der Waals surface area contributed by atoms with Gasteiger partial charge >= 0.3 is 12.2 Å². The molecule has 0 aliphatic rings. The number of ether oxygens (including phenoxy) is 2. The molecule has 0 aliphatic heterocycles. The van der Waals surface area contributed by atoms with Gasteiger partial charge in [0.15, 0.2) is 5.82 Å². The van der Waals surface area contributed by atoms with E-state index in [1.807, 2.05) is 31.2 Å². The van der Waals surface area contributed by atoms with Crippen molar-refractivity contribution in [3.63, 3.8) is 0 Å². The maximum absolute atomic E-state index is 12.7. The van der Waals surface area contributed by atoms with E-state index in [-0.39, 0.29) is 27.7 Å². The van der Waals surface area contributed by atoms with Crippen LogP contribution in [-0.4, -0.2) is 89.2 Å². The van der Waals surface area contributed by atoms with Crippen LogP contribution in [0.25, 0.3) is 17.1 Å². The molecule has 40 heavy (non-hydrogen) atoms. The molecule has 0 radical (unpaired) electrons. The molecule has 0 saturated heterocycles. The fourth-order valence-corrected chi connectivity index (χ4v) is 4.06. The van der Waals surface area contributed by atoms with Crippen LogP contribution in [0, 0.1) is 6.92 Å². The van der Waals surface area contributed by atoms with Crippen molar-refractivity contribution in [2.75, 3.05) is 42.3 Å². The van der Waals surface area contributed by atoms with Gasteiger partial charge in [0.2, 0.25) is 5.16 Å². The number of carbonyl (C=O) groups is 3. The number of carbonyl (C=O) groups excluding carboxylic acids is 3. The maximum atomic E-state index is 12.7. The smallest absolute Gasteiger partial charge is 0.410 e. The summed E-state index contributed by atoms with van der Waals surface area (Å²) in [5, 5.41) is 8.78. The first-order valence-corrected chi connectivity index (χ1v) is 12.9. The lowest BCUT2D eigenvalue weighted by atomic mass is 10.0. The van der Waals surface area contributed by atoms with E-state index in [1.165, 1.54) is 20.8 Å². The zero-order valence-corrected chi connectivity index (χ0v) is 24.4. The second-order valence-electron chi connectivity index (χ2n) is 9.19. The fourth-order valence-electron chi connectivity index (χ4n) is 3.37. The molecule has 0 atom stereocenters. The second-order valence-corrected chi connectivity index (χ2v) is 10.1. The highest BCUT2D eigenvalue weighted by molar-refractivity contribution is 8.13. The second kappa shape index (κ2) is 13.0. The van der Waals surface area contributed by atoms with Gasteiger partial charge in [0.1, 0.15) is 11.5 Å². The largest absolute Gasteiger partial charge is 0.414 e. The van der Waals surface area contributed by atoms with Crippen LogP contribution < -0.4 is 9.47 Å². The molecule has 1 heterocycles. The van der Waals surface area contributed by atoms with Gasteiger partial charge in [-0.05, 0) is 30.7 Å². The van der Waals surface area contributed by atoms with Crippen molar-refractivity contribution >= 4 is 34.9 Å². The first-order chi connectivity index (χ1) is 18.9. The molecule has 0 fully saturated rings. The van der Waals surface area contributed by atoms with Crippen LogP contribution in [0.5, 0.6) is 11.5 Å². The van der Waals surface area contributed by atoms with Crippen LogP contribution >= 0.6 is 11.8 Å². The first-order valence-electron chi connectivity index (χ1n) is 12.1. The standard InChI is InChI=1S/C28H32N6O5S/c1-9-12-22(20-14-11-10-13-18(20)2)34-24(29-30-25(34)40-28(37)33(7)8)21-16-15-19(38-26(35)31(3)4)17-23(21)39-27(36)32(5)6/h9-17H,1H2,2-8H3/b22-12+. The number of aromatic nitrogens is 3. The average Bonchev–Trinajstić information content (AvgIpc) is 3.30. The Bertz CT molecular complexity index is 1460. The fraction of sp³-hybridized carbons (Fsp3) is 0.250. The first kappa shape index (κ1) is 30.0. The summed E-state index contributed by atoms with van der Waals surface area (Å²) in [4.78, 5) is 41.5. The quantitative estimate of drug-likeness (QED) is 0.284. The molecule has 2 aromatic carbocycles. The normalized spacial score (nSPS) is 11.0. The lowest BCUT2D eigenvalue weighted by Gasteiger charge is -2.19. The van der Waals surface area contributed by atoms with Crippen molar-refractivity contribution in [3.05, 3.63) is 72.3 Å². The Morgan fingerprint density at radius 2 is 1.55 bits per heavy atom. The number of allylic oxidation sites excluding steroid dienone is 2.